The number of unbranched alkanes of at least 4 members (excludes halogenated alkanes) is 1. The van der Waals surface area contributed by atoms with E-state index in [4.69, 9.17) is 0 Å². The van der Waals surface area contributed by atoms with Crippen LogP contribution in [0.5, 0.6) is 0 Å². The minimum atomic E-state index is -1.53. The highest BCUT2D eigenvalue weighted by molar-refractivity contribution is 8.15. The fourth-order valence-electron chi connectivity index (χ4n) is 3.94. The topological polar surface area (TPSA) is 139 Å². The van der Waals surface area contributed by atoms with E-state index < -0.39 is 22.7 Å². The standard InChI is InChI=1S/C25H33N3O7S/c1-16(2)15-25(36-17(3)29,24(34)26-13-12-21(31)35-4)27-20(30)11-7-8-14-28-22(32)18-9-5-6-10-19(18)23(28)33/h5-6,9-10,16H,7-8,11-15H2,1-4H3,(H,26,34)(H,27,30)/t25-/m1/s1. The number of nitrogens with one attached hydrogen (secondary N) is 2. The van der Waals surface area contributed by atoms with E-state index in [2.05, 4.69) is 15.4 Å². The monoisotopic (exact) mass is 519 g/mol. The predicted molar refractivity (Wildman–Crippen MR) is 134 cm³/mol. The lowest BCUT2D eigenvalue weighted by Gasteiger charge is -2.33. The van der Waals surface area contributed by atoms with Gasteiger partial charge < -0.3 is 15.4 Å². The van der Waals surface area contributed by atoms with Gasteiger partial charge in [0.2, 0.25) is 5.91 Å². The second-order valence-electron chi connectivity index (χ2n) is 8.91. The average molecular weight is 520 g/mol. The Morgan fingerprint density at radius 3 is 2.17 bits per heavy atom. The molecular weight excluding hydrogens is 486 g/mol. The zero-order valence-corrected chi connectivity index (χ0v) is 21.9. The van der Waals surface area contributed by atoms with Crippen LogP contribution in [0.15, 0.2) is 24.3 Å². The molecule has 2 N–H and O–H groups in total. The number of thioether (sulfide) groups is 1. The maximum atomic E-state index is 13.1. The van der Waals surface area contributed by atoms with Gasteiger partial charge in [-0.1, -0.05) is 37.7 Å². The summed E-state index contributed by atoms with van der Waals surface area (Å²) >= 11 is 0.733. The summed E-state index contributed by atoms with van der Waals surface area (Å²) in [4.78, 5) is 73.9. The number of amides is 4. The molecule has 0 aromatic heterocycles. The quantitative estimate of drug-likeness (QED) is 0.175. The lowest BCUT2D eigenvalue weighted by Crippen LogP contribution is -2.58. The van der Waals surface area contributed by atoms with E-state index in [9.17, 15) is 28.8 Å². The Kier molecular flexibility index (Phi) is 10.6. The minimum Gasteiger partial charge on any atom is -0.469 e. The summed E-state index contributed by atoms with van der Waals surface area (Å²) in [6, 6.07) is 6.62. The Bertz CT molecular complexity index is 992. The van der Waals surface area contributed by atoms with Crippen LogP contribution < -0.4 is 10.6 Å². The Morgan fingerprint density at radius 2 is 1.64 bits per heavy atom. The van der Waals surface area contributed by atoms with Gasteiger partial charge in [0.05, 0.1) is 24.7 Å². The van der Waals surface area contributed by atoms with Crippen LogP contribution in [0.2, 0.25) is 0 Å². The Balaban J connectivity index is 1.98. The molecule has 0 saturated carbocycles. The highest BCUT2D eigenvalue weighted by Gasteiger charge is 2.42. The molecule has 1 atom stereocenters. The van der Waals surface area contributed by atoms with E-state index in [1.165, 1.54) is 18.9 Å². The van der Waals surface area contributed by atoms with E-state index in [0.717, 1.165) is 11.8 Å². The van der Waals surface area contributed by atoms with Crippen molar-refractivity contribution in [1.29, 1.82) is 0 Å². The van der Waals surface area contributed by atoms with Gasteiger partial charge in [-0.2, -0.15) is 0 Å². The molecule has 196 valence electrons. The zero-order chi connectivity index (χ0) is 26.9. The summed E-state index contributed by atoms with van der Waals surface area (Å²) in [5, 5.41) is 5.01. The number of esters is 1. The molecule has 2 rings (SSSR count). The molecule has 0 saturated heterocycles. The second-order valence-corrected chi connectivity index (χ2v) is 10.4. The van der Waals surface area contributed by atoms with Gasteiger partial charge in [0.15, 0.2) is 9.99 Å². The largest absolute Gasteiger partial charge is 0.469 e. The third-order valence-corrected chi connectivity index (χ3v) is 6.57. The van der Waals surface area contributed by atoms with Gasteiger partial charge in [-0.3, -0.25) is 33.7 Å². The lowest BCUT2D eigenvalue weighted by atomic mass is 10.0. The van der Waals surface area contributed by atoms with E-state index >= 15 is 0 Å². The van der Waals surface area contributed by atoms with Crippen LogP contribution >= 0.6 is 11.8 Å². The molecule has 1 aliphatic rings. The molecule has 1 heterocycles. The predicted octanol–water partition coefficient (Wildman–Crippen LogP) is 2.27. The van der Waals surface area contributed by atoms with Crippen LogP contribution in [0.4, 0.5) is 0 Å². The first-order chi connectivity index (χ1) is 17.0. The van der Waals surface area contributed by atoms with Crippen molar-refractivity contribution in [3.8, 4) is 0 Å². The molecular formula is C25H33N3O7S. The molecule has 10 nitrogen and oxygen atoms in total. The summed E-state index contributed by atoms with van der Waals surface area (Å²) in [6.07, 6.45) is 0.961. The molecule has 1 aliphatic heterocycles. The molecule has 0 fully saturated rings. The number of methoxy groups -OCH3 is 1. The number of hydrogen-bond acceptors (Lipinski definition) is 8. The normalized spacial score (nSPS) is 14.3. The van der Waals surface area contributed by atoms with Crippen LogP contribution in [0.25, 0.3) is 0 Å². The van der Waals surface area contributed by atoms with E-state index in [-0.39, 0.29) is 55.2 Å². The fraction of sp³-hybridized carbons (Fsp3) is 0.520. The molecule has 36 heavy (non-hydrogen) atoms. The SMILES string of the molecule is COC(=O)CCNC(=O)[C@](CC(C)C)(NC(=O)CCCCN1C(=O)c2ccccc2C1=O)SC(C)=O. The molecule has 0 bridgehead atoms. The molecule has 4 amide bonds. The van der Waals surface area contributed by atoms with Crippen molar-refractivity contribution in [2.75, 3.05) is 20.2 Å². The number of imide groups is 1. The molecule has 0 radical (unpaired) electrons. The van der Waals surface area contributed by atoms with Gasteiger partial charge in [-0.15, -0.1) is 0 Å². The van der Waals surface area contributed by atoms with Gasteiger partial charge in [0.1, 0.15) is 0 Å². The molecule has 11 heteroatoms. The molecule has 0 unspecified atom stereocenters. The van der Waals surface area contributed by atoms with Gasteiger partial charge in [-0.05, 0) is 37.3 Å². The number of carbonyl (C=O) groups is 6. The van der Waals surface area contributed by atoms with Crippen LogP contribution in [0.3, 0.4) is 0 Å². The van der Waals surface area contributed by atoms with Crippen LogP contribution in [0.1, 0.15) is 73.6 Å². The summed E-state index contributed by atoms with van der Waals surface area (Å²) in [5.74, 6) is -2.23. The van der Waals surface area contributed by atoms with E-state index in [1.54, 1.807) is 24.3 Å². The summed E-state index contributed by atoms with van der Waals surface area (Å²) in [7, 11) is 1.24. The maximum absolute atomic E-state index is 13.1. The number of carbonyl (C=O) groups excluding carboxylic acids is 6. The number of rotatable bonds is 13. The Labute approximate surface area is 214 Å². The summed E-state index contributed by atoms with van der Waals surface area (Å²) in [6.45, 7) is 5.22. The average Bonchev–Trinajstić information content (AvgIpc) is 3.05. The first-order valence-electron chi connectivity index (χ1n) is 11.8. The summed E-state index contributed by atoms with van der Waals surface area (Å²) in [5.41, 5.74) is 0.747. The third kappa shape index (κ3) is 7.64. The van der Waals surface area contributed by atoms with Crippen molar-refractivity contribution in [3.05, 3.63) is 35.4 Å². The molecule has 0 aliphatic carbocycles. The zero-order valence-electron chi connectivity index (χ0n) is 21.0. The van der Waals surface area contributed by atoms with Crippen LogP contribution in [-0.2, 0) is 23.9 Å². The highest BCUT2D eigenvalue weighted by atomic mass is 32.2. The molecule has 1 aromatic rings. The minimum absolute atomic E-state index is 0.0000317. The van der Waals surface area contributed by atoms with Crippen molar-refractivity contribution in [2.24, 2.45) is 5.92 Å². The Hall–Kier alpha value is -3.21. The van der Waals surface area contributed by atoms with Gasteiger partial charge >= 0.3 is 5.97 Å². The number of nitrogens with zero attached hydrogens (tertiary/aromatic N) is 1. The molecule has 1 aromatic carbocycles. The van der Waals surface area contributed by atoms with Gasteiger partial charge in [0.25, 0.3) is 17.7 Å². The number of ether oxygens (including phenoxy) is 1. The highest BCUT2D eigenvalue weighted by Crippen LogP contribution is 2.31. The van der Waals surface area contributed by atoms with Crippen molar-refractivity contribution in [1.82, 2.24) is 15.5 Å². The van der Waals surface area contributed by atoms with Crippen molar-refractivity contribution in [3.63, 3.8) is 0 Å². The van der Waals surface area contributed by atoms with Crippen molar-refractivity contribution < 1.29 is 33.5 Å². The van der Waals surface area contributed by atoms with Gasteiger partial charge in [0, 0.05) is 26.4 Å². The van der Waals surface area contributed by atoms with E-state index in [1.807, 2.05) is 13.8 Å². The maximum Gasteiger partial charge on any atom is 0.307 e. The smallest absolute Gasteiger partial charge is 0.307 e. The van der Waals surface area contributed by atoms with Crippen molar-refractivity contribution >= 4 is 46.5 Å². The number of benzene rings is 1. The summed E-state index contributed by atoms with van der Waals surface area (Å²) < 4.78 is 4.57. The fourth-order valence-corrected chi connectivity index (χ4v) is 5.18. The van der Waals surface area contributed by atoms with Crippen molar-refractivity contribution in [2.45, 2.75) is 57.7 Å². The third-order valence-electron chi connectivity index (χ3n) is 5.48. The number of fused-ring (bicyclic) bond motifs is 1. The molecule has 0 spiro atoms. The van der Waals surface area contributed by atoms with Crippen LogP contribution in [-0.4, -0.2) is 64.7 Å². The van der Waals surface area contributed by atoms with E-state index in [0.29, 0.717) is 24.0 Å². The van der Waals surface area contributed by atoms with Gasteiger partial charge in [-0.25, -0.2) is 0 Å². The second kappa shape index (κ2) is 13.2. The first-order valence-corrected chi connectivity index (χ1v) is 12.6. The number of hydrogen-bond donors (Lipinski definition) is 2. The first kappa shape index (κ1) is 29.0. The Morgan fingerprint density at radius 1 is 1.03 bits per heavy atom. The van der Waals surface area contributed by atoms with Crippen LogP contribution in [0, 0.1) is 5.92 Å². The lowest BCUT2D eigenvalue weighted by molar-refractivity contribution is -0.140.